The number of hydrogen-bond acceptors (Lipinski definition) is 6. The van der Waals surface area contributed by atoms with Crippen molar-refractivity contribution in [2.45, 2.75) is 226 Å². The summed E-state index contributed by atoms with van der Waals surface area (Å²) in [5, 5.41) is 0. The summed E-state index contributed by atoms with van der Waals surface area (Å²) in [6, 6.07) is 0. The first kappa shape index (κ1) is 60.1. The number of rotatable bonds is 45. The van der Waals surface area contributed by atoms with Gasteiger partial charge >= 0.3 is 17.9 Å². The second-order valence-corrected chi connectivity index (χ2v) is 16.7. The van der Waals surface area contributed by atoms with Crippen LogP contribution in [0, 0.1) is 0 Å². The fourth-order valence-corrected chi connectivity index (χ4v) is 6.71. The Morgan fingerprint density at radius 1 is 0.344 bits per heavy atom. The fraction of sp³-hybridized carbons (Fsp3) is 0.638. The monoisotopic (exact) mass is 887 g/mol. The van der Waals surface area contributed by atoms with Crippen LogP contribution < -0.4 is 0 Å². The quantitative estimate of drug-likeness (QED) is 0.0199. The van der Waals surface area contributed by atoms with E-state index in [4.69, 9.17) is 14.2 Å². The molecule has 0 amide bonds. The molecule has 0 aliphatic carbocycles. The van der Waals surface area contributed by atoms with Crippen molar-refractivity contribution in [3.8, 4) is 0 Å². The maximum absolute atomic E-state index is 12.8. The van der Waals surface area contributed by atoms with Crippen molar-refractivity contribution in [3.63, 3.8) is 0 Å². The lowest BCUT2D eigenvalue weighted by Crippen LogP contribution is -2.30. The van der Waals surface area contributed by atoms with E-state index in [0.29, 0.717) is 19.3 Å². The van der Waals surface area contributed by atoms with E-state index < -0.39 is 6.10 Å². The summed E-state index contributed by atoms with van der Waals surface area (Å²) in [5.74, 6) is -1.00. The second kappa shape index (κ2) is 51.7. The Morgan fingerprint density at radius 3 is 1.20 bits per heavy atom. The Hall–Kier alpha value is -3.93. The normalized spacial score (nSPS) is 13.0. The molecule has 0 rings (SSSR count). The van der Waals surface area contributed by atoms with Gasteiger partial charge in [0.05, 0.1) is 0 Å². The van der Waals surface area contributed by atoms with Gasteiger partial charge in [0.25, 0.3) is 0 Å². The van der Waals surface area contributed by atoms with Crippen LogP contribution in [0.5, 0.6) is 0 Å². The molecule has 0 aromatic rings. The lowest BCUT2D eigenvalue weighted by Gasteiger charge is -2.18. The average molecular weight is 887 g/mol. The summed E-state index contributed by atoms with van der Waals surface area (Å²) in [6.45, 7) is 6.30. The Labute approximate surface area is 393 Å². The van der Waals surface area contributed by atoms with Gasteiger partial charge in [0.15, 0.2) is 6.10 Å². The molecule has 0 spiro atoms. The minimum Gasteiger partial charge on any atom is -0.462 e. The van der Waals surface area contributed by atoms with Crippen LogP contribution in [0.4, 0.5) is 0 Å². The SMILES string of the molecule is CC\C=C/C=C\C=C/CCCCCCCC(=O)OCC(COC(=O)CCC/C=C\C/C=C\C/C=C\C/C=C\C/C=C\CC)OC(=O)CCCCCCC/C=C\CCCCCCCCC. The predicted octanol–water partition coefficient (Wildman–Crippen LogP) is 17.1. The molecule has 1 unspecified atom stereocenters. The van der Waals surface area contributed by atoms with E-state index in [2.05, 4.69) is 130 Å². The fourth-order valence-electron chi connectivity index (χ4n) is 6.71. The molecule has 362 valence electrons. The van der Waals surface area contributed by atoms with Crippen molar-refractivity contribution in [3.05, 3.63) is 109 Å². The van der Waals surface area contributed by atoms with E-state index in [0.717, 1.165) is 116 Å². The predicted molar refractivity (Wildman–Crippen MR) is 274 cm³/mol. The van der Waals surface area contributed by atoms with Crippen molar-refractivity contribution in [1.82, 2.24) is 0 Å². The standard InChI is InChI=1S/C58H94O6/c1-4-7-10-13-16-19-22-25-27-29-31-33-36-39-42-45-48-51-57(60)63-54-55(53-62-56(59)50-47-44-41-38-35-32-24-21-18-15-12-9-6-3)64-58(61)52-49-46-43-40-37-34-30-28-26-23-20-17-14-11-8-5-2/h7,9-10,12,15-16,18-19,21,24-25,27-28,30-31,33,39,42,55H,4-6,8,11,13-14,17,20,22-23,26,29,32,34-38,40-41,43-54H2,1-3H3/b10-7-,12-9-,18-15-,19-16-,24-21-,27-25-,30-28-,33-31-,42-39-. The highest BCUT2D eigenvalue weighted by Gasteiger charge is 2.19. The van der Waals surface area contributed by atoms with Gasteiger partial charge in [0.2, 0.25) is 0 Å². The molecule has 0 bridgehead atoms. The van der Waals surface area contributed by atoms with Gasteiger partial charge < -0.3 is 14.2 Å². The van der Waals surface area contributed by atoms with E-state index >= 15 is 0 Å². The molecule has 6 nitrogen and oxygen atoms in total. The van der Waals surface area contributed by atoms with Crippen molar-refractivity contribution in [2.75, 3.05) is 13.2 Å². The largest absolute Gasteiger partial charge is 0.462 e. The van der Waals surface area contributed by atoms with Crippen molar-refractivity contribution < 1.29 is 28.6 Å². The molecule has 0 N–H and O–H groups in total. The molecule has 0 saturated carbocycles. The molecule has 0 aliphatic rings. The van der Waals surface area contributed by atoms with E-state index in [1.807, 2.05) is 0 Å². The Kier molecular flexibility index (Phi) is 48.5. The van der Waals surface area contributed by atoms with Gasteiger partial charge in [0, 0.05) is 19.3 Å². The summed E-state index contributed by atoms with van der Waals surface area (Å²) in [4.78, 5) is 38.0. The number of hydrogen-bond donors (Lipinski definition) is 0. The molecule has 0 saturated heterocycles. The first-order chi connectivity index (χ1) is 31.5. The van der Waals surface area contributed by atoms with Gasteiger partial charge in [-0.1, -0.05) is 207 Å². The number of esters is 3. The third kappa shape index (κ3) is 49.1. The molecular formula is C58H94O6. The van der Waals surface area contributed by atoms with E-state index in [1.165, 1.54) is 57.8 Å². The summed E-state index contributed by atoms with van der Waals surface area (Å²) in [5.41, 5.74) is 0. The summed E-state index contributed by atoms with van der Waals surface area (Å²) in [7, 11) is 0. The first-order valence-corrected chi connectivity index (χ1v) is 25.9. The second-order valence-electron chi connectivity index (χ2n) is 16.7. The smallest absolute Gasteiger partial charge is 0.306 e. The van der Waals surface area contributed by atoms with Crippen molar-refractivity contribution >= 4 is 17.9 Å². The molecule has 0 fully saturated rings. The minimum absolute atomic E-state index is 0.112. The first-order valence-electron chi connectivity index (χ1n) is 25.9. The maximum Gasteiger partial charge on any atom is 0.306 e. The Balaban J connectivity index is 4.53. The van der Waals surface area contributed by atoms with Gasteiger partial charge in [0.1, 0.15) is 13.2 Å². The topological polar surface area (TPSA) is 78.9 Å². The molecule has 0 aromatic heterocycles. The van der Waals surface area contributed by atoms with Gasteiger partial charge in [-0.15, -0.1) is 0 Å². The third-order valence-electron chi connectivity index (χ3n) is 10.6. The van der Waals surface area contributed by atoms with Crippen LogP contribution in [0.25, 0.3) is 0 Å². The van der Waals surface area contributed by atoms with Crippen LogP contribution in [0.15, 0.2) is 109 Å². The highest BCUT2D eigenvalue weighted by atomic mass is 16.6. The maximum atomic E-state index is 12.8. The summed E-state index contributed by atoms with van der Waals surface area (Å²) < 4.78 is 16.7. The van der Waals surface area contributed by atoms with E-state index in [-0.39, 0.29) is 37.5 Å². The summed E-state index contributed by atoms with van der Waals surface area (Å²) >= 11 is 0. The summed E-state index contributed by atoms with van der Waals surface area (Å²) in [6.07, 6.45) is 69.3. The van der Waals surface area contributed by atoms with E-state index in [1.54, 1.807) is 0 Å². The molecule has 6 heteroatoms. The van der Waals surface area contributed by atoms with Crippen LogP contribution in [-0.4, -0.2) is 37.2 Å². The molecule has 64 heavy (non-hydrogen) atoms. The third-order valence-corrected chi connectivity index (χ3v) is 10.6. The molecule has 0 aliphatic heterocycles. The number of carbonyl (C=O) groups excluding carboxylic acids is 3. The van der Waals surface area contributed by atoms with Gasteiger partial charge in [-0.2, -0.15) is 0 Å². The zero-order chi connectivity index (χ0) is 46.5. The number of ether oxygens (including phenoxy) is 3. The van der Waals surface area contributed by atoms with Crippen molar-refractivity contribution in [1.29, 1.82) is 0 Å². The molecule has 0 radical (unpaired) electrons. The highest BCUT2D eigenvalue weighted by molar-refractivity contribution is 5.71. The number of allylic oxidation sites excluding steroid dienone is 18. The highest BCUT2D eigenvalue weighted by Crippen LogP contribution is 2.13. The molecule has 0 heterocycles. The lowest BCUT2D eigenvalue weighted by molar-refractivity contribution is -0.167. The Morgan fingerprint density at radius 2 is 0.703 bits per heavy atom. The van der Waals surface area contributed by atoms with Crippen LogP contribution in [0.1, 0.15) is 220 Å². The minimum atomic E-state index is -0.815. The number of carbonyl (C=O) groups is 3. The lowest BCUT2D eigenvalue weighted by atomic mass is 10.1. The van der Waals surface area contributed by atoms with Gasteiger partial charge in [-0.25, -0.2) is 0 Å². The van der Waals surface area contributed by atoms with Crippen LogP contribution in [-0.2, 0) is 28.6 Å². The molecular weight excluding hydrogens is 793 g/mol. The zero-order valence-corrected chi connectivity index (χ0v) is 41.3. The Bertz CT molecular complexity index is 1340. The van der Waals surface area contributed by atoms with Gasteiger partial charge in [-0.3, -0.25) is 14.4 Å². The zero-order valence-electron chi connectivity index (χ0n) is 41.3. The van der Waals surface area contributed by atoms with Crippen molar-refractivity contribution in [2.24, 2.45) is 0 Å². The molecule has 0 aromatic carbocycles. The van der Waals surface area contributed by atoms with Crippen LogP contribution >= 0.6 is 0 Å². The van der Waals surface area contributed by atoms with Gasteiger partial charge in [-0.05, 0) is 103 Å². The van der Waals surface area contributed by atoms with Crippen LogP contribution in [0.3, 0.4) is 0 Å². The average Bonchev–Trinajstić information content (AvgIpc) is 3.29. The van der Waals surface area contributed by atoms with Crippen LogP contribution in [0.2, 0.25) is 0 Å². The number of unbranched alkanes of at least 4 members (excludes halogenated alkanes) is 18. The molecule has 1 atom stereocenters. The van der Waals surface area contributed by atoms with E-state index in [9.17, 15) is 14.4 Å².